The molecule has 4 aromatic rings. The number of carbonyl (C=O) groups is 1. The molecular weight excluding hydrogens is 542 g/mol. The Kier molecular flexibility index (Phi) is 8.05. The number of hydrogen-bond acceptors (Lipinski definition) is 7. The minimum absolute atomic E-state index is 0.0531. The maximum Gasteiger partial charge on any atom is 0.277 e. The van der Waals surface area contributed by atoms with Crippen LogP contribution < -0.4 is 10.9 Å². The van der Waals surface area contributed by atoms with Crippen LogP contribution in [-0.4, -0.2) is 42.6 Å². The molecule has 5 rings (SSSR count). The molecule has 0 saturated carbocycles. The van der Waals surface area contributed by atoms with Crippen LogP contribution >= 0.6 is 0 Å². The number of likely N-dealkylation sites (N-methyl/N-ethyl adjacent to an activating group) is 1. The highest BCUT2D eigenvalue weighted by atomic mass is 32.2. The number of benzene rings is 3. The molecule has 0 radical (unpaired) electrons. The zero-order valence-corrected chi connectivity index (χ0v) is 23.6. The number of amides is 1. The Labute approximate surface area is 238 Å². The highest BCUT2D eigenvalue weighted by Crippen LogP contribution is 2.36. The van der Waals surface area contributed by atoms with Crippen molar-refractivity contribution in [1.82, 2.24) is 14.9 Å². The molecular formula is C31H31N3O6S. The standard InChI is InChI=1S/C31H31N3O6S/c1-3-40-19-27-33-30(36)29(31(37)34(27)26-17-14-20-8-4-7-11-25(20)26)41(38,39)23-15-12-21(13-16-23)24-10-6-5-9-22(24)18-28(35)32-2/h4-13,15-16,26,36H,3,14,17-19H2,1-2H3,(H,32,35)/t26-/m0/s1. The van der Waals surface area contributed by atoms with E-state index in [1.165, 1.54) is 16.7 Å². The maximum atomic E-state index is 13.9. The highest BCUT2D eigenvalue weighted by molar-refractivity contribution is 7.91. The van der Waals surface area contributed by atoms with E-state index in [-0.39, 0.29) is 29.7 Å². The van der Waals surface area contributed by atoms with Gasteiger partial charge >= 0.3 is 0 Å². The third-order valence-electron chi connectivity index (χ3n) is 7.37. The Hall–Kier alpha value is -4.28. The highest BCUT2D eigenvalue weighted by Gasteiger charge is 2.34. The fourth-order valence-corrected chi connectivity index (χ4v) is 6.70. The third-order valence-corrected chi connectivity index (χ3v) is 9.16. The van der Waals surface area contributed by atoms with Crippen LogP contribution in [0.15, 0.2) is 87.4 Å². The second-order valence-corrected chi connectivity index (χ2v) is 11.7. The van der Waals surface area contributed by atoms with Gasteiger partial charge in [-0.3, -0.25) is 14.2 Å². The van der Waals surface area contributed by atoms with Crippen LogP contribution in [-0.2, 0) is 38.8 Å². The van der Waals surface area contributed by atoms with Gasteiger partial charge in [-0.05, 0) is 59.7 Å². The van der Waals surface area contributed by atoms with E-state index in [0.717, 1.165) is 28.7 Å². The van der Waals surface area contributed by atoms with Gasteiger partial charge in [0, 0.05) is 13.7 Å². The Morgan fingerprint density at radius 2 is 1.78 bits per heavy atom. The van der Waals surface area contributed by atoms with Crippen LogP contribution in [0.1, 0.15) is 41.9 Å². The van der Waals surface area contributed by atoms with E-state index in [1.807, 2.05) is 48.5 Å². The first kappa shape index (κ1) is 28.3. The number of ether oxygens (including phenoxy) is 1. The monoisotopic (exact) mass is 573 g/mol. The van der Waals surface area contributed by atoms with Crippen LogP contribution in [0, 0.1) is 0 Å². The molecule has 1 aliphatic rings. The molecule has 0 aliphatic heterocycles. The summed E-state index contributed by atoms with van der Waals surface area (Å²) in [7, 11) is -2.88. The molecule has 212 valence electrons. The van der Waals surface area contributed by atoms with E-state index in [4.69, 9.17) is 4.74 Å². The number of hydrogen-bond donors (Lipinski definition) is 2. The van der Waals surface area contributed by atoms with Crippen LogP contribution in [0.3, 0.4) is 0 Å². The second kappa shape index (κ2) is 11.7. The molecule has 1 atom stereocenters. The average molecular weight is 574 g/mol. The quantitative estimate of drug-likeness (QED) is 0.312. The van der Waals surface area contributed by atoms with Gasteiger partial charge in [-0.2, -0.15) is 4.98 Å². The van der Waals surface area contributed by atoms with Crippen molar-refractivity contribution >= 4 is 15.7 Å². The van der Waals surface area contributed by atoms with Crippen molar-refractivity contribution < 1.29 is 23.1 Å². The van der Waals surface area contributed by atoms with E-state index < -0.39 is 32.2 Å². The second-order valence-electron chi connectivity index (χ2n) is 9.78. The van der Waals surface area contributed by atoms with E-state index >= 15 is 0 Å². The van der Waals surface area contributed by atoms with Crippen molar-refractivity contribution in [3.63, 3.8) is 0 Å². The van der Waals surface area contributed by atoms with Crippen LogP contribution in [0.25, 0.3) is 11.1 Å². The smallest absolute Gasteiger partial charge is 0.277 e. The van der Waals surface area contributed by atoms with Gasteiger partial charge < -0.3 is 15.2 Å². The number of fused-ring (bicyclic) bond motifs is 1. The molecule has 41 heavy (non-hydrogen) atoms. The third kappa shape index (κ3) is 5.40. The van der Waals surface area contributed by atoms with Crippen LogP contribution in [0.4, 0.5) is 0 Å². The summed E-state index contributed by atoms with van der Waals surface area (Å²) in [6.07, 6.45) is 1.49. The summed E-state index contributed by atoms with van der Waals surface area (Å²) in [5.41, 5.74) is 3.44. The first-order chi connectivity index (χ1) is 19.8. The lowest BCUT2D eigenvalue weighted by molar-refractivity contribution is -0.119. The molecule has 0 fully saturated rings. The van der Waals surface area contributed by atoms with Crippen molar-refractivity contribution in [2.24, 2.45) is 0 Å². The van der Waals surface area contributed by atoms with Crippen molar-refractivity contribution in [3.05, 3.63) is 106 Å². The number of nitrogens with zero attached hydrogens (tertiary/aromatic N) is 2. The Bertz CT molecular complexity index is 1760. The summed E-state index contributed by atoms with van der Waals surface area (Å²) in [6.45, 7) is 2.10. The van der Waals surface area contributed by atoms with Gasteiger partial charge in [-0.1, -0.05) is 60.7 Å². The van der Waals surface area contributed by atoms with Gasteiger partial charge in [-0.25, -0.2) is 8.42 Å². The van der Waals surface area contributed by atoms with Crippen molar-refractivity contribution in [3.8, 4) is 17.0 Å². The molecule has 10 heteroatoms. The maximum absolute atomic E-state index is 13.9. The molecule has 0 spiro atoms. The average Bonchev–Trinajstić information content (AvgIpc) is 3.39. The summed E-state index contributed by atoms with van der Waals surface area (Å²) in [5.74, 6) is -0.834. The Morgan fingerprint density at radius 3 is 2.51 bits per heavy atom. The van der Waals surface area contributed by atoms with Crippen molar-refractivity contribution in [2.75, 3.05) is 13.7 Å². The van der Waals surface area contributed by atoms with Gasteiger partial charge in [0.2, 0.25) is 21.6 Å². The number of carbonyl (C=O) groups excluding carboxylic acids is 1. The molecule has 1 heterocycles. The Morgan fingerprint density at radius 1 is 1.07 bits per heavy atom. The van der Waals surface area contributed by atoms with Crippen LogP contribution in [0.2, 0.25) is 0 Å². The summed E-state index contributed by atoms with van der Waals surface area (Å²) >= 11 is 0. The molecule has 0 bridgehead atoms. The van der Waals surface area contributed by atoms with Gasteiger partial charge in [0.15, 0.2) is 4.90 Å². The fourth-order valence-electron chi connectivity index (χ4n) is 5.35. The van der Waals surface area contributed by atoms with Crippen molar-refractivity contribution in [1.29, 1.82) is 0 Å². The van der Waals surface area contributed by atoms with E-state index in [9.17, 15) is 23.1 Å². The molecule has 1 aliphatic carbocycles. The zero-order valence-electron chi connectivity index (χ0n) is 22.8. The number of aromatic hydroxyl groups is 1. The summed E-state index contributed by atoms with van der Waals surface area (Å²) in [5, 5.41) is 13.4. The number of sulfone groups is 1. The minimum atomic E-state index is -4.45. The lowest BCUT2D eigenvalue weighted by atomic mass is 9.97. The molecule has 0 saturated heterocycles. The fraction of sp³-hybridized carbons (Fsp3) is 0.258. The molecule has 9 nitrogen and oxygen atoms in total. The summed E-state index contributed by atoms with van der Waals surface area (Å²) in [6, 6.07) is 20.7. The summed E-state index contributed by atoms with van der Waals surface area (Å²) in [4.78, 5) is 29.2. The summed E-state index contributed by atoms with van der Waals surface area (Å²) < 4.78 is 34.5. The number of aryl methyl sites for hydroxylation is 1. The van der Waals surface area contributed by atoms with Crippen LogP contribution in [0.5, 0.6) is 5.88 Å². The van der Waals surface area contributed by atoms with E-state index in [0.29, 0.717) is 18.6 Å². The number of rotatable bonds is 9. The topological polar surface area (TPSA) is 128 Å². The number of aromatic nitrogens is 2. The van der Waals surface area contributed by atoms with E-state index in [1.54, 1.807) is 26.1 Å². The normalized spacial score (nSPS) is 14.5. The predicted molar refractivity (Wildman–Crippen MR) is 153 cm³/mol. The first-order valence-electron chi connectivity index (χ1n) is 13.4. The first-order valence-corrected chi connectivity index (χ1v) is 14.9. The molecule has 0 unspecified atom stereocenters. The van der Waals surface area contributed by atoms with Gasteiger partial charge in [0.05, 0.1) is 17.4 Å². The lowest BCUT2D eigenvalue weighted by Crippen LogP contribution is -2.33. The largest absolute Gasteiger partial charge is 0.492 e. The zero-order chi connectivity index (χ0) is 29.1. The SMILES string of the molecule is CCOCc1nc(O)c(S(=O)(=O)c2ccc(-c3ccccc3CC(=O)NC)cc2)c(=O)n1[C@H]1CCc2ccccc21. The van der Waals surface area contributed by atoms with Crippen molar-refractivity contribution in [2.45, 2.75) is 48.6 Å². The molecule has 3 aromatic carbocycles. The number of nitrogens with one attached hydrogen (secondary N) is 1. The molecule has 1 aromatic heterocycles. The molecule has 1 amide bonds. The lowest BCUT2D eigenvalue weighted by Gasteiger charge is -2.21. The Balaban J connectivity index is 1.58. The molecule has 2 N–H and O–H groups in total. The van der Waals surface area contributed by atoms with Gasteiger partial charge in [0.1, 0.15) is 12.4 Å². The van der Waals surface area contributed by atoms with E-state index in [2.05, 4.69) is 10.3 Å². The minimum Gasteiger partial charge on any atom is -0.492 e. The van der Waals surface area contributed by atoms with Gasteiger partial charge in [0.25, 0.3) is 5.56 Å². The van der Waals surface area contributed by atoms with Gasteiger partial charge in [-0.15, -0.1) is 0 Å². The predicted octanol–water partition coefficient (Wildman–Crippen LogP) is 3.81.